The van der Waals surface area contributed by atoms with Gasteiger partial charge in [-0.3, -0.25) is 9.67 Å². The second-order valence-corrected chi connectivity index (χ2v) is 4.66. The molecule has 0 aromatic carbocycles. The van der Waals surface area contributed by atoms with Crippen molar-refractivity contribution in [2.24, 2.45) is 12.0 Å². The van der Waals surface area contributed by atoms with Crippen molar-refractivity contribution in [3.63, 3.8) is 0 Å². The summed E-state index contributed by atoms with van der Waals surface area (Å²) < 4.78 is 12.1. The Bertz CT molecular complexity index is 406. The van der Waals surface area contributed by atoms with Crippen LogP contribution in [0.5, 0.6) is 0 Å². The number of methoxy groups -OCH3 is 1. The van der Waals surface area contributed by atoms with Gasteiger partial charge in [0.1, 0.15) is 0 Å². The summed E-state index contributed by atoms with van der Waals surface area (Å²) in [5, 5.41) is 10.7. The average Bonchev–Trinajstić information content (AvgIpc) is 2.90. The molecule has 0 aliphatic carbocycles. The molecule has 0 atom stereocenters. The summed E-state index contributed by atoms with van der Waals surface area (Å²) in [6, 6.07) is 0. The Morgan fingerprint density at radius 3 is 2.76 bits per heavy atom. The lowest BCUT2D eigenvalue weighted by molar-refractivity contribution is 0.0698. The molecule has 1 aromatic rings. The van der Waals surface area contributed by atoms with Crippen LogP contribution >= 0.6 is 0 Å². The van der Waals surface area contributed by atoms with Crippen LogP contribution in [0.1, 0.15) is 12.0 Å². The molecule has 7 nitrogen and oxygen atoms in total. The molecule has 0 unspecified atom stereocenters. The first-order valence-electron chi connectivity index (χ1n) is 7.25. The Morgan fingerprint density at radius 2 is 2.10 bits per heavy atom. The van der Waals surface area contributed by atoms with Gasteiger partial charge in [0, 0.05) is 47.1 Å². The van der Waals surface area contributed by atoms with Gasteiger partial charge in [0.15, 0.2) is 5.96 Å². The van der Waals surface area contributed by atoms with E-state index in [2.05, 4.69) is 20.7 Å². The highest BCUT2D eigenvalue weighted by Crippen LogP contribution is 1.95. The molecule has 0 fully saturated rings. The first-order valence-corrected chi connectivity index (χ1v) is 7.25. The van der Waals surface area contributed by atoms with Gasteiger partial charge < -0.3 is 20.1 Å². The van der Waals surface area contributed by atoms with E-state index in [9.17, 15) is 0 Å². The predicted molar refractivity (Wildman–Crippen MR) is 83.6 cm³/mol. The van der Waals surface area contributed by atoms with Crippen molar-refractivity contribution in [3.8, 4) is 0 Å². The van der Waals surface area contributed by atoms with E-state index in [-0.39, 0.29) is 0 Å². The number of hydrogen-bond donors (Lipinski definition) is 2. The zero-order chi connectivity index (χ0) is 15.3. The molecule has 0 radical (unpaired) electrons. The fraction of sp³-hybridized carbons (Fsp3) is 0.714. The number of aliphatic imine (C=N–C) groups is 1. The van der Waals surface area contributed by atoms with Gasteiger partial charge >= 0.3 is 0 Å². The van der Waals surface area contributed by atoms with Crippen LogP contribution in [0, 0.1) is 0 Å². The highest BCUT2D eigenvalue weighted by molar-refractivity contribution is 5.79. The van der Waals surface area contributed by atoms with Crippen LogP contribution in [-0.4, -0.2) is 62.8 Å². The lowest BCUT2D eigenvalue weighted by Gasteiger charge is -2.11. The maximum Gasteiger partial charge on any atom is 0.190 e. The molecule has 1 heterocycles. The lowest BCUT2D eigenvalue weighted by atomic mass is 10.2. The average molecular weight is 297 g/mol. The minimum atomic E-state index is 0.644. The quantitative estimate of drug-likeness (QED) is 0.366. The van der Waals surface area contributed by atoms with Crippen LogP contribution < -0.4 is 10.6 Å². The van der Waals surface area contributed by atoms with Gasteiger partial charge in [-0.05, 0) is 18.4 Å². The minimum absolute atomic E-state index is 0.644. The van der Waals surface area contributed by atoms with Gasteiger partial charge in [-0.25, -0.2) is 0 Å². The van der Waals surface area contributed by atoms with Crippen LogP contribution in [0.25, 0.3) is 0 Å². The van der Waals surface area contributed by atoms with Crippen LogP contribution in [0.15, 0.2) is 17.4 Å². The molecular weight excluding hydrogens is 270 g/mol. The Hall–Kier alpha value is -1.60. The van der Waals surface area contributed by atoms with Crippen LogP contribution in [0.4, 0.5) is 0 Å². The number of ether oxygens (including phenoxy) is 2. The highest BCUT2D eigenvalue weighted by Gasteiger charge is 1.99. The Balaban J connectivity index is 2.04. The largest absolute Gasteiger partial charge is 0.382 e. The van der Waals surface area contributed by atoms with E-state index in [0.29, 0.717) is 13.2 Å². The number of aryl methyl sites for hydroxylation is 1. The van der Waals surface area contributed by atoms with Crippen molar-refractivity contribution >= 4 is 5.96 Å². The van der Waals surface area contributed by atoms with Gasteiger partial charge in [0.2, 0.25) is 0 Å². The van der Waals surface area contributed by atoms with Gasteiger partial charge in [-0.15, -0.1) is 0 Å². The molecule has 21 heavy (non-hydrogen) atoms. The second-order valence-electron chi connectivity index (χ2n) is 4.66. The summed E-state index contributed by atoms with van der Waals surface area (Å²) in [5.41, 5.74) is 1.21. The number of nitrogens with one attached hydrogen (secondary N) is 2. The smallest absolute Gasteiger partial charge is 0.190 e. The van der Waals surface area contributed by atoms with E-state index in [0.717, 1.165) is 38.5 Å². The molecular formula is C14H27N5O2. The SMILES string of the molecule is CN=C(NCCCOCCOC)NCCc1cnn(C)c1. The molecule has 120 valence electrons. The molecule has 0 bridgehead atoms. The van der Waals surface area contributed by atoms with Crippen molar-refractivity contribution in [1.29, 1.82) is 0 Å². The fourth-order valence-electron chi connectivity index (χ4n) is 1.77. The summed E-state index contributed by atoms with van der Waals surface area (Å²) in [4.78, 5) is 4.18. The maximum atomic E-state index is 5.40. The summed E-state index contributed by atoms with van der Waals surface area (Å²) in [5.74, 6) is 0.816. The molecule has 0 amide bonds. The van der Waals surface area contributed by atoms with Crippen molar-refractivity contribution < 1.29 is 9.47 Å². The maximum absolute atomic E-state index is 5.40. The standard InChI is InChI=1S/C14H27N5O2/c1-15-14(16-6-4-8-21-10-9-20-3)17-7-5-13-11-18-19(2)12-13/h11-12H,4-10H2,1-3H3,(H2,15,16,17). The lowest BCUT2D eigenvalue weighted by Crippen LogP contribution is -2.39. The summed E-state index contributed by atoms with van der Waals surface area (Å²) in [7, 11) is 5.37. The minimum Gasteiger partial charge on any atom is -0.382 e. The molecule has 7 heteroatoms. The van der Waals surface area contributed by atoms with E-state index in [4.69, 9.17) is 9.47 Å². The third-order valence-electron chi connectivity index (χ3n) is 2.88. The Kier molecular flexibility index (Phi) is 9.23. The Labute approximate surface area is 126 Å². The van der Waals surface area contributed by atoms with E-state index in [1.54, 1.807) is 14.2 Å². The zero-order valence-corrected chi connectivity index (χ0v) is 13.3. The van der Waals surface area contributed by atoms with Crippen molar-refractivity contribution in [2.45, 2.75) is 12.8 Å². The molecule has 2 N–H and O–H groups in total. The predicted octanol–water partition coefficient (Wildman–Crippen LogP) is 0.181. The molecule has 0 saturated carbocycles. The second kappa shape index (κ2) is 11.1. The highest BCUT2D eigenvalue weighted by atomic mass is 16.5. The Morgan fingerprint density at radius 1 is 1.29 bits per heavy atom. The number of hydrogen-bond acceptors (Lipinski definition) is 4. The number of nitrogens with zero attached hydrogens (tertiary/aromatic N) is 3. The fourth-order valence-corrected chi connectivity index (χ4v) is 1.77. The van der Waals surface area contributed by atoms with Crippen LogP contribution in [0.2, 0.25) is 0 Å². The van der Waals surface area contributed by atoms with Crippen molar-refractivity contribution in [1.82, 2.24) is 20.4 Å². The topological polar surface area (TPSA) is 72.7 Å². The molecule has 0 spiro atoms. The summed E-state index contributed by atoms with van der Waals surface area (Å²) in [6.45, 7) is 3.68. The summed E-state index contributed by atoms with van der Waals surface area (Å²) >= 11 is 0. The van der Waals surface area contributed by atoms with Crippen LogP contribution in [-0.2, 0) is 22.9 Å². The first-order chi connectivity index (χ1) is 10.3. The van der Waals surface area contributed by atoms with Gasteiger partial charge in [-0.2, -0.15) is 5.10 Å². The summed E-state index contributed by atoms with van der Waals surface area (Å²) in [6.07, 6.45) is 5.77. The van der Waals surface area contributed by atoms with Gasteiger partial charge in [0.05, 0.1) is 19.4 Å². The van der Waals surface area contributed by atoms with E-state index in [1.807, 2.05) is 24.1 Å². The van der Waals surface area contributed by atoms with Crippen molar-refractivity contribution in [2.75, 3.05) is 47.1 Å². The van der Waals surface area contributed by atoms with Crippen molar-refractivity contribution in [3.05, 3.63) is 18.0 Å². The molecule has 0 aliphatic heterocycles. The van der Waals surface area contributed by atoms with E-state index in [1.165, 1.54) is 5.56 Å². The number of aromatic nitrogens is 2. The molecule has 0 aliphatic rings. The normalized spacial score (nSPS) is 11.7. The van der Waals surface area contributed by atoms with E-state index >= 15 is 0 Å². The number of rotatable bonds is 10. The molecule has 1 aromatic heterocycles. The van der Waals surface area contributed by atoms with Gasteiger partial charge in [0.25, 0.3) is 0 Å². The van der Waals surface area contributed by atoms with Crippen LogP contribution in [0.3, 0.4) is 0 Å². The van der Waals surface area contributed by atoms with E-state index < -0.39 is 0 Å². The number of guanidine groups is 1. The monoisotopic (exact) mass is 297 g/mol. The third-order valence-corrected chi connectivity index (χ3v) is 2.88. The first kappa shape index (κ1) is 17.5. The third kappa shape index (κ3) is 8.31. The van der Waals surface area contributed by atoms with Gasteiger partial charge in [-0.1, -0.05) is 0 Å². The zero-order valence-electron chi connectivity index (χ0n) is 13.3. The molecule has 0 saturated heterocycles. The molecule has 1 rings (SSSR count).